The van der Waals surface area contributed by atoms with Gasteiger partial charge in [-0.25, -0.2) is 19.7 Å². The SMILES string of the molecule is Cc1ccc(C2=N/C(=C/c3ccccc3)C(=O)NN2C(=O)Cc2nc3c(c(C)nn3-c3ccccc3)c(=O)[nH]2)cc1. The third-order valence-corrected chi connectivity index (χ3v) is 6.63. The normalized spacial score (nSPS) is 14.3. The van der Waals surface area contributed by atoms with Crippen molar-refractivity contribution in [1.82, 2.24) is 30.2 Å². The number of amides is 2. The van der Waals surface area contributed by atoms with Crippen LogP contribution in [-0.2, 0) is 16.0 Å². The van der Waals surface area contributed by atoms with E-state index in [9.17, 15) is 14.4 Å². The van der Waals surface area contributed by atoms with Crippen molar-refractivity contribution < 1.29 is 9.59 Å². The van der Waals surface area contributed by atoms with Gasteiger partial charge >= 0.3 is 0 Å². The van der Waals surface area contributed by atoms with Gasteiger partial charge in [0.25, 0.3) is 17.4 Å². The number of aromatic amines is 1. The van der Waals surface area contributed by atoms with Crippen LogP contribution in [0.15, 0.2) is 100 Å². The fourth-order valence-corrected chi connectivity index (χ4v) is 4.60. The Balaban J connectivity index is 1.38. The molecule has 0 saturated heterocycles. The molecule has 41 heavy (non-hydrogen) atoms. The van der Waals surface area contributed by atoms with E-state index in [0.29, 0.717) is 22.3 Å². The van der Waals surface area contributed by atoms with Crippen molar-refractivity contribution in [1.29, 1.82) is 0 Å². The Kier molecular flexibility index (Phi) is 6.56. The van der Waals surface area contributed by atoms with Crippen molar-refractivity contribution in [2.45, 2.75) is 20.3 Å². The molecular weight excluding hydrogens is 518 g/mol. The molecular formula is C31H25N7O3. The van der Waals surface area contributed by atoms with Gasteiger partial charge in [0.15, 0.2) is 11.5 Å². The Morgan fingerprint density at radius 1 is 0.902 bits per heavy atom. The Morgan fingerprint density at radius 3 is 2.29 bits per heavy atom. The van der Waals surface area contributed by atoms with Gasteiger partial charge in [0.1, 0.15) is 16.9 Å². The zero-order valence-electron chi connectivity index (χ0n) is 22.3. The molecule has 10 heteroatoms. The molecule has 0 bridgehead atoms. The molecule has 2 aromatic heterocycles. The quantitative estimate of drug-likeness (QED) is 0.328. The molecule has 2 amide bonds. The molecule has 10 nitrogen and oxygen atoms in total. The minimum atomic E-state index is -0.534. The first-order chi connectivity index (χ1) is 19.9. The molecule has 0 fully saturated rings. The number of para-hydroxylation sites is 1. The summed E-state index contributed by atoms with van der Waals surface area (Å²) in [6.45, 7) is 3.69. The number of aliphatic imine (C=N–C) groups is 1. The average molecular weight is 544 g/mol. The van der Waals surface area contributed by atoms with Crippen LogP contribution in [0.2, 0.25) is 0 Å². The largest absolute Gasteiger partial charge is 0.309 e. The number of aromatic nitrogens is 4. The molecule has 0 radical (unpaired) electrons. The maximum atomic E-state index is 13.7. The van der Waals surface area contributed by atoms with E-state index in [-0.39, 0.29) is 23.8 Å². The van der Waals surface area contributed by atoms with E-state index in [2.05, 4.69) is 25.5 Å². The Morgan fingerprint density at radius 2 is 1.59 bits per heavy atom. The van der Waals surface area contributed by atoms with Crippen LogP contribution in [0.25, 0.3) is 22.8 Å². The summed E-state index contributed by atoms with van der Waals surface area (Å²) in [6.07, 6.45) is 1.36. The lowest BCUT2D eigenvalue weighted by atomic mass is 10.1. The van der Waals surface area contributed by atoms with E-state index in [1.165, 1.54) is 0 Å². The number of nitrogens with one attached hydrogen (secondary N) is 2. The van der Waals surface area contributed by atoms with Gasteiger partial charge in [-0.3, -0.25) is 19.8 Å². The lowest BCUT2D eigenvalue weighted by Crippen LogP contribution is -2.54. The van der Waals surface area contributed by atoms with Crippen LogP contribution < -0.4 is 11.0 Å². The number of aryl methyl sites for hydroxylation is 2. The summed E-state index contributed by atoms with van der Waals surface area (Å²) in [5.41, 5.74) is 6.48. The smallest absolute Gasteiger partial charge is 0.288 e. The van der Waals surface area contributed by atoms with E-state index >= 15 is 0 Å². The number of rotatable bonds is 5. The number of hydrazine groups is 1. The second-order valence-electron chi connectivity index (χ2n) is 9.63. The molecule has 0 atom stereocenters. The van der Waals surface area contributed by atoms with Gasteiger partial charge in [0, 0.05) is 5.56 Å². The summed E-state index contributed by atoms with van der Waals surface area (Å²) < 4.78 is 1.58. The Labute approximate surface area is 234 Å². The van der Waals surface area contributed by atoms with Gasteiger partial charge < -0.3 is 4.98 Å². The summed E-state index contributed by atoms with van der Waals surface area (Å²) >= 11 is 0. The zero-order valence-corrected chi connectivity index (χ0v) is 22.3. The van der Waals surface area contributed by atoms with E-state index in [1.54, 1.807) is 17.7 Å². The number of hydrogen-bond donors (Lipinski definition) is 2. The molecule has 0 aliphatic carbocycles. The van der Waals surface area contributed by atoms with Gasteiger partial charge in [-0.15, -0.1) is 0 Å². The lowest BCUT2D eigenvalue weighted by molar-refractivity contribution is -0.135. The van der Waals surface area contributed by atoms with Crippen LogP contribution >= 0.6 is 0 Å². The predicted molar refractivity (Wildman–Crippen MR) is 155 cm³/mol. The second kappa shape index (κ2) is 10.5. The van der Waals surface area contributed by atoms with Gasteiger partial charge in [-0.05, 0) is 37.6 Å². The van der Waals surface area contributed by atoms with Crippen molar-refractivity contribution in [2.75, 3.05) is 0 Å². The highest BCUT2D eigenvalue weighted by molar-refractivity contribution is 6.15. The van der Waals surface area contributed by atoms with Crippen LogP contribution in [0.4, 0.5) is 0 Å². The van der Waals surface area contributed by atoms with Crippen molar-refractivity contribution in [3.63, 3.8) is 0 Å². The number of carbonyl (C=O) groups excluding carboxylic acids is 2. The molecule has 5 aromatic rings. The third-order valence-electron chi connectivity index (χ3n) is 6.63. The van der Waals surface area contributed by atoms with Gasteiger partial charge in [0.2, 0.25) is 0 Å². The van der Waals surface area contributed by atoms with Crippen LogP contribution in [0.5, 0.6) is 0 Å². The fourth-order valence-electron chi connectivity index (χ4n) is 4.60. The summed E-state index contributed by atoms with van der Waals surface area (Å²) in [7, 11) is 0. The summed E-state index contributed by atoms with van der Waals surface area (Å²) in [6, 6.07) is 26.1. The predicted octanol–water partition coefficient (Wildman–Crippen LogP) is 3.63. The highest BCUT2D eigenvalue weighted by atomic mass is 16.2. The van der Waals surface area contributed by atoms with Crippen LogP contribution in [-0.4, -0.2) is 42.4 Å². The maximum absolute atomic E-state index is 13.7. The average Bonchev–Trinajstić information content (AvgIpc) is 3.32. The molecule has 0 saturated carbocycles. The molecule has 3 aromatic carbocycles. The number of amidine groups is 1. The first-order valence-corrected chi connectivity index (χ1v) is 13.0. The molecule has 6 rings (SSSR count). The van der Waals surface area contributed by atoms with Gasteiger partial charge in [-0.2, -0.15) is 5.10 Å². The van der Waals surface area contributed by atoms with E-state index in [4.69, 9.17) is 0 Å². The van der Waals surface area contributed by atoms with E-state index in [1.807, 2.05) is 91.9 Å². The summed E-state index contributed by atoms with van der Waals surface area (Å²) in [5.74, 6) is -0.674. The van der Waals surface area contributed by atoms with Crippen LogP contribution in [0.1, 0.15) is 28.2 Å². The topological polar surface area (TPSA) is 125 Å². The second-order valence-corrected chi connectivity index (χ2v) is 9.63. The van der Waals surface area contributed by atoms with E-state index in [0.717, 1.165) is 21.8 Å². The number of fused-ring (bicyclic) bond motifs is 1. The molecule has 1 aliphatic heterocycles. The standard InChI is InChI=1S/C31H25N7O3/c1-19-13-15-22(16-14-19)28-32-24(17-21-9-5-3-6-10-21)30(40)36-38(28)26(39)18-25-33-29-27(31(41)34-25)20(2)35-37(29)23-11-7-4-8-12-23/h3-17H,18H2,1-2H3,(H,36,40)(H,33,34,41)/b24-17+. The number of H-pyrrole nitrogens is 1. The molecule has 2 N–H and O–H groups in total. The zero-order chi connectivity index (χ0) is 28.5. The van der Waals surface area contributed by atoms with Crippen molar-refractivity contribution in [3.8, 4) is 5.69 Å². The van der Waals surface area contributed by atoms with Crippen LogP contribution in [0.3, 0.4) is 0 Å². The van der Waals surface area contributed by atoms with Gasteiger partial charge in [0.05, 0.1) is 17.8 Å². The minimum absolute atomic E-state index is 0.132. The van der Waals surface area contributed by atoms with Gasteiger partial charge in [-0.1, -0.05) is 78.4 Å². The number of benzene rings is 3. The van der Waals surface area contributed by atoms with E-state index < -0.39 is 17.4 Å². The lowest BCUT2D eigenvalue weighted by Gasteiger charge is -2.28. The monoisotopic (exact) mass is 543 g/mol. The number of hydrogen-bond acceptors (Lipinski definition) is 6. The Bertz CT molecular complexity index is 1910. The number of nitrogens with zero attached hydrogens (tertiary/aromatic N) is 5. The molecule has 3 heterocycles. The molecule has 0 unspecified atom stereocenters. The number of carbonyl (C=O) groups is 2. The molecule has 202 valence electrons. The first kappa shape index (κ1) is 25.6. The van der Waals surface area contributed by atoms with Crippen molar-refractivity contribution in [3.05, 3.63) is 129 Å². The van der Waals surface area contributed by atoms with Crippen molar-refractivity contribution >= 4 is 34.8 Å². The summed E-state index contributed by atoms with van der Waals surface area (Å²) in [4.78, 5) is 51.7. The van der Waals surface area contributed by atoms with Crippen LogP contribution in [0, 0.1) is 13.8 Å². The third kappa shape index (κ3) is 5.06. The van der Waals surface area contributed by atoms with Crippen molar-refractivity contribution in [2.24, 2.45) is 4.99 Å². The molecule has 0 spiro atoms. The Hall–Kier alpha value is -5.64. The highest BCUT2D eigenvalue weighted by Gasteiger charge is 2.30. The minimum Gasteiger partial charge on any atom is -0.309 e. The molecule has 1 aliphatic rings. The maximum Gasteiger partial charge on any atom is 0.288 e. The summed E-state index contributed by atoms with van der Waals surface area (Å²) in [5, 5.41) is 5.95. The fraction of sp³-hybridized carbons (Fsp3) is 0.0968. The first-order valence-electron chi connectivity index (χ1n) is 13.0. The highest BCUT2D eigenvalue weighted by Crippen LogP contribution is 2.20.